The summed E-state index contributed by atoms with van der Waals surface area (Å²) < 4.78 is 5.20. The summed E-state index contributed by atoms with van der Waals surface area (Å²) in [6.07, 6.45) is 0.529. The second-order valence-electron chi connectivity index (χ2n) is 5.78. The van der Waals surface area contributed by atoms with Crippen LogP contribution in [0.4, 0.5) is 10.5 Å². The Balaban J connectivity index is 2.40. The van der Waals surface area contributed by atoms with Gasteiger partial charge in [0.15, 0.2) is 0 Å². The highest BCUT2D eigenvalue weighted by Gasteiger charge is 2.20. The van der Waals surface area contributed by atoms with Crippen molar-refractivity contribution in [1.82, 2.24) is 10.2 Å². The van der Waals surface area contributed by atoms with Gasteiger partial charge in [-0.2, -0.15) is 5.10 Å². The van der Waals surface area contributed by atoms with Gasteiger partial charge in [0, 0.05) is 10.6 Å². The number of nitrogens with one attached hydrogen (secondary N) is 2. The number of halogens is 1. The molecule has 0 fully saturated rings. The van der Waals surface area contributed by atoms with Crippen molar-refractivity contribution in [2.75, 3.05) is 5.32 Å². The zero-order valence-corrected chi connectivity index (χ0v) is 13.6. The van der Waals surface area contributed by atoms with Crippen LogP contribution in [0.1, 0.15) is 31.1 Å². The SMILES string of the molecule is CC(C)(C)OC(=O)Nc1cc(Cl)ccc1-c1[nH]ncc1C(=O)O. The first-order valence-corrected chi connectivity index (χ1v) is 7.12. The molecule has 0 bridgehead atoms. The molecule has 0 aliphatic heterocycles. The van der Waals surface area contributed by atoms with Gasteiger partial charge in [-0.1, -0.05) is 11.6 Å². The number of carboxylic acids is 1. The first-order valence-electron chi connectivity index (χ1n) is 6.74. The standard InChI is InChI=1S/C15H16ClN3O4/c1-15(2,3)23-14(22)18-11-6-8(16)4-5-9(11)12-10(13(20)21)7-17-19-12/h4-7H,1-3H3,(H,17,19)(H,18,22)(H,20,21). The van der Waals surface area contributed by atoms with Gasteiger partial charge in [-0.05, 0) is 39.0 Å². The normalized spacial score (nSPS) is 11.1. The molecule has 0 radical (unpaired) electrons. The van der Waals surface area contributed by atoms with Crippen molar-refractivity contribution in [1.29, 1.82) is 0 Å². The van der Waals surface area contributed by atoms with Crippen molar-refractivity contribution in [3.8, 4) is 11.3 Å². The maximum atomic E-state index is 12.0. The minimum absolute atomic E-state index is 0.0143. The molecule has 1 heterocycles. The molecular weight excluding hydrogens is 322 g/mol. The van der Waals surface area contributed by atoms with Gasteiger partial charge in [-0.25, -0.2) is 9.59 Å². The predicted octanol–water partition coefficient (Wildman–Crippen LogP) is 3.78. The van der Waals surface area contributed by atoms with Gasteiger partial charge in [0.2, 0.25) is 0 Å². The van der Waals surface area contributed by atoms with E-state index in [-0.39, 0.29) is 11.3 Å². The average Bonchev–Trinajstić information content (AvgIpc) is 2.85. The van der Waals surface area contributed by atoms with Gasteiger partial charge in [-0.3, -0.25) is 10.4 Å². The molecular formula is C15H16ClN3O4. The molecule has 0 unspecified atom stereocenters. The lowest BCUT2D eigenvalue weighted by Crippen LogP contribution is -2.27. The Labute approximate surface area is 137 Å². The molecule has 1 aromatic heterocycles. The molecule has 122 valence electrons. The van der Waals surface area contributed by atoms with Crippen LogP contribution in [-0.4, -0.2) is 33.0 Å². The lowest BCUT2D eigenvalue weighted by molar-refractivity contribution is 0.0634. The summed E-state index contributed by atoms with van der Waals surface area (Å²) in [5.41, 5.74) is 0.344. The number of carbonyl (C=O) groups is 2. The number of benzene rings is 1. The number of H-pyrrole nitrogens is 1. The summed E-state index contributed by atoms with van der Waals surface area (Å²) in [5, 5.41) is 18.5. The van der Waals surface area contributed by atoms with Crippen molar-refractivity contribution < 1.29 is 19.4 Å². The Morgan fingerprint density at radius 2 is 2.04 bits per heavy atom. The maximum Gasteiger partial charge on any atom is 0.412 e. The number of ether oxygens (including phenoxy) is 1. The number of aromatic carboxylic acids is 1. The number of aromatic amines is 1. The third kappa shape index (κ3) is 4.23. The minimum Gasteiger partial charge on any atom is -0.478 e. The molecule has 8 heteroatoms. The average molecular weight is 338 g/mol. The molecule has 0 spiro atoms. The van der Waals surface area contributed by atoms with Gasteiger partial charge < -0.3 is 9.84 Å². The van der Waals surface area contributed by atoms with Crippen LogP contribution in [0.2, 0.25) is 5.02 Å². The summed E-state index contributed by atoms with van der Waals surface area (Å²) in [7, 11) is 0. The second-order valence-corrected chi connectivity index (χ2v) is 6.22. The molecule has 1 aromatic carbocycles. The van der Waals surface area contributed by atoms with Gasteiger partial charge in [0.25, 0.3) is 0 Å². The Morgan fingerprint density at radius 3 is 2.65 bits per heavy atom. The third-order valence-electron chi connectivity index (χ3n) is 2.76. The van der Waals surface area contributed by atoms with E-state index >= 15 is 0 Å². The van der Waals surface area contributed by atoms with Crippen molar-refractivity contribution in [3.63, 3.8) is 0 Å². The topological polar surface area (TPSA) is 104 Å². The summed E-state index contributed by atoms with van der Waals surface area (Å²) >= 11 is 5.96. The first-order chi connectivity index (χ1) is 10.7. The summed E-state index contributed by atoms with van der Waals surface area (Å²) in [6.45, 7) is 5.22. The van der Waals surface area contributed by atoms with E-state index in [1.54, 1.807) is 32.9 Å². The Hall–Kier alpha value is -2.54. The summed E-state index contributed by atoms with van der Waals surface area (Å²) in [5.74, 6) is -1.13. The van der Waals surface area contributed by atoms with Crippen LogP contribution in [0.5, 0.6) is 0 Å². The van der Waals surface area contributed by atoms with E-state index in [1.807, 2.05) is 0 Å². The highest BCUT2D eigenvalue weighted by molar-refractivity contribution is 6.31. The van der Waals surface area contributed by atoms with Gasteiger partial charge in [-0.15, -0.1) is 0 Å². The number of carboxylic acid groups (broad SMARTS) is 1. The fraction of sp³-hybridized carbons (Fsp3) is 0.267. The Morgan fingerprint density at radius 1 is 1.35 bits per heavy atom. The Kier molecular flexibility index (Phi) is 4.60. The smallest absolute Gasteiger partial charge is 0.412 e. The molecule has 23 heavy (non-hydrogen) atoms. The molecule has 0 atom stereocenters. The van der Waals surface area contributed by atoms with Crippen molar-refractivity contribution in [3.05, 3.63) is 35.0 Å². The second kappa shape index (κ2) is 6.29. The number of anilines is 1. The molecule has 3 N–H and O–H groups in total. The number of amides is 1. The number of rotatable bonds is 3. The number of carbonyl (C=O) groups excluding carboxylic acids is 1. The van der Waals surface area contributed by atoms with E-state index in [2.05, 4.69) is 15.5 Å². The molecule has 1 amide bonds. The van der Waals surface area contributed by atoms with E-state index in [0.29, 0.717) is 16.3 Å². The van der Waals surface area contributed by atoms with Crippen LogP contribution in [0, 0.1) is 0 Å². The van der Waals surface area contributed by atoms with Crippen LogP contribution in [0.3, 0.4) is 0 Å². The Bertz CT molecular complexity index is 749. The number of hydrogen-bond acceptors (Lipinski definition) is 4. The largest absolute Gasteiger partial charge is 0.478 e. The zero-order valence-electron chi connectivity index (χ0n) is 12.8. The number of nitrogens with zero attached hydrogens (tertiary/aromatic N) is 1. The van der Waals surface area contributed by atoms with Crippen molar-refractivity contribution in [2.45, 2.75) is 26.4 Å². The fourth-order valence-corrected chi connectivity index (χ4v) is 2.08. The number of hydrogen-bond donors (Lipinski definition) is 3. The highest BCUT2D eigenvalue weighted by atomic mass is 35.5. The van der Waals surface area contributed by atoms with Gasteiger partial charge >= 0.3 is 12.1 Å². The quantitative estimate of drug-likeness (QED) is 0.790. The zero-order chi connectivity index (χ0) is 17.2. The van der Waals surface area contributed by atoms with Gasteiger partial charge in [0.1, 0.15) is 11.2 Å². The molecule has 0 aliphatic carbocycles. The number of aromatic nitrogens is 2. The van der Waals surface area contributed by atoms with E-state index in [9.17, 15) is 14.7 Å². The van der Waals surface area contributed by atoms with E-state index in [0.717, 1.165) is 0 Å². The van der Waals surface area contributed by atoms with Crippen LogP contribution in [0.25, 0.3) is 11.3 Å². The first kappa shape index (κ1) is 16.8. The van der Waals surface area contributed by atoms with Crippen LogP contribution in [0.15, 0.2) is 24.4 Å². The van der Waals surface area contributed by atoms with E-state index < -0.39 is 17.7 Å². The van der Waals surface area contributed by atoms with Gasteiger partial charge in [0.05, 0.1) is 17.6 Å². The van der Waals surface area contributed by atoms with Crippen LogP contribution < -0.4 is 5.32 Å². The predicted molar refractivity (Wildman–Crippen MR) is 85.8 cm³/mol. The van der Waals surface area contributed by atoms with E-state index in [4.69, 9.17) is 16.3 Å². The van der Waals surface area contributed by atoms with Crippen molar-refractivity contribution in [2.24, 2.45) is 0 Å². The molecule has 2 rings (SSSR count). The molecule has 7 nitrogen and oxygen atoms in total. The highest BCUT2D eigenvalue weighted by Crippen LogP contribution is 2.31. The molecule has 2 aromatic rings. The van der Waals surface area contributed by atoms with Crippen LogP contribution >= 0.6 is 11.6 Å². The summed E-state index contributed by atoms with van der Waals surface area (Å²) in [6, 6.07) is 4.69. The third-order valence-corrected chi connectivity index (χ3v) is 2.99. The maximum absolute atomic E-state index is 12.0. The minimum atomic E-state index is -1.13. The monoisotopic (exact) mass is 337 g/mol. The summed E-state index contributed by atoms with van der Waals surface area (Å²) in [4.78, 5) is 23.2. The molecule has 0 saturated carbocycles. The van der Waals surface area contributed by atoms with Crippen LogP contribution in [-0.2, 0) is 4.74 Å². The molecule has 0 aliphatic rings. The van der Waals surface area contributed by atoms with Crippen molar-refractivity contribution >= 4 is 29.4 Å². The lowest BCUT2D eigenvalue weighted by Gasteiger charge is -2.20. The molecule has 0 saturated heterocycles. The van der Waals surface area contributed by atoms with E-state index in [1.165, 1.54) is 12.3 Å². The lowest BCUT2D eigenvalue weighted by atomic mass is 10.1. The fourth-order valence-electron chi connectivity index (χ4n) is 1.91.